The molecule has 30 heavy (non-hydrogen) atoms. The van der Waals surface area contributed by atoms with E-state index < -0.39 is 4.92 Å². The van der Waals surface area contributed by atoms with E-state index in [1.807, 2.05) is 16.3 Å². The number of hydrogen-bond donors (Lipinski definition) is 0. The van der Waals surface area contributed by atoms with Gasteiger partial charge in [-0.15, -0.1) is 11.3 Å². The quantitative estimate of drug-likeness (QED) is 0.447. The molecule has 8 nitrogen and oxygen atoms in total. The molecule has 0 radical (unpaired) electrons. The van der Waals surface area contributed by atoms with Crippen LogP contribution in [-0.4, -0.2) is 56.6 Å². The average molecular weight is 426 g/mol. The van der Waals surface area contributed by atoms with E-state index in [0.29, 0.717) is 24.5 Å². The van der Waals surface area contributed by atoms with Crippen molar-refractivity contribution in [3.05, 3.63) is 79.7 Å². The van der Waals surface area contributed by atoms with Crippen LogP contribution in [0.3, 0.4) is 0 Å². The molecule has 1 aromatic carbocycles. The molecule has 0 spiro atoms. The summed E-state index contributed by atoms with van der Waals surface area (Å²) in [5, 5.41) is 16.6. The lowest BCUT2D eigenvalue weighted by Crippen LogP contribution is -2.48. The number of nitrogens with zero attached hydrogens (tertiary/aromatic N) is 5. The molecule has 156 valence electrons. The van der Waals surface area contributed by atoms with E-state index >= 15 is 0 Å². The Bertz CT molecular complexity index is 1050. The van der Waals surface area contributed by atoms with Gasteiger partial charge in [0.15, 0.2) is 0 Å². The van der Waals surface area contributed by atoms with Gasteiger partial charge >= 0.3 is 5.82 Å². The number of rotatable bonds is 6. The second-order valence-corrected chi connectivity index (χ2v) is 8.42. The third-order valence-corrected chi connectivity index (χ3v) is 6.14. The molecule has 0 unspecified atom stereocenters. The van der Waals surface area contributed by atoms with Gasteiger partial charge in [-0.25, -0.2) is 0 Å². The van der Waals surface area contributed by atoms with Crippen molar-refractivity contribution in [1.29, 1.82) is 0 Å². The van der Waals surface area contributed by atoms with Crippen molar-refractivity contribution < 1.29 is 9.72 Å². The number of thiophene rings is 1. The molecule has 1 saturated heterocycles. The van der Waals surface area contributed by atoms with Crippen molar-refractivity contribution in [1.82, 2.24) is 19.6 Å². The number of piperazine rings is 1. The Hall–Kier alpha value is -3.04. The topological polar surface area (TPSA) is 84.5 Å². The van der Waals surface area contributed by atoms with Crippen molar-refractivity contribution >= 4 is 23.1 Å². The van der Waals surface area contributed by atoms with Crippen molar-refractivity contribution in [3.8, 4) is 0 Å². The monoisotopic (exact) mass is 425 g/mol. The molecule has 0 bridgehead atoms. The Balaban J connectivity index is 1.31. The standard InChI is InChI=1S/C21H23N5O3S/c1-16-3-2-4-17(11-16)13-23-7-9-24(10-8-23)21(27)19-12-18(15-30-19)14-25-6-5-20(22-25)26(28)29/h2-6,11-12,15H,7-10,13-14H2,1H3. The zero-order valence-electron chi connectivity index (χ0n) is 16.7. The van der Waals surface area contributed by atoms with Gasteiger partial charge in [0.25, 0.3) is 5.91 Å². The molecular weight excluding hydrogens is 402 g/mol. The lowest BCUT2D eigenvalue weighted by molar-refractivity contribution is -0.389. The zero-order valence-corrected chi connectivity index (χ0v) is 17.5. The van der Waals surface area contributed by atoms with Gasteiger partial charge < -0.3 is 15.0 Å². The molecule has 1 amide bonds. The van der Waals surface area contributed by atoms with E-state index in [1.165, 1.54) is 33.2 Å². The minimum Gasteiger partial charge on any atom is -0.358 e. The van der Waals surface area contributed by atoms with Crippen LogP contribution < -0.4 is 0 Å². The van der Waals surface area contributed by atoms with Gasteiger partial charge in [0.1, 0.15) is 0 Å². The molecule has 9 heteroatoms. The number of hydrogen-bond acceptors (Lipinski definition) is 6. The predicted molar refractivity (Wildman–Crippen MR) is 115 cm³/mol. The van der Waals surface area contributed by atoms with E-state index in [1.54, 1.807) is 6.20 Å². The molecule has 0 aliphatic carbocycles. The van der Waals surface area contributed by atoms with Gasteiger partial charge in [0, 0.05) is 32.7 Å². The normalized spacial score (nSPS) is 14.8. The Morgan fingerprint density at radius 2 is 1.93 bits per heavy atom. The number of nitro groups is 1. The molecule has 0 atom stereocenters. The minimum atomic E-state index is -0.516. The van der Waals surface area contributed by atoms with Gasteiger partial charge in [-0.1, -0.05) is 29.8 Å². The fourth-order valence-corrected chi connectivity index (χ4v) is 4.50. The van der Waals surface area contributed by atoms with E-state index in [-0.39, 0.29) is 11.7 Å². The summed E-state index contributed by atoms with van der Waals surface area (Å²) < 4.78 is 1.51. The van der Waals surface area contributed by atoms with Crippen LogP contribution in [0.2, 0.25) is 0 Å². The highest BCUT2D eigenvalue weighted by atomic mass is 32.1. The highest BCUT2D eigenvalue weighted by Gasteiger charge is 2.23. The molecular formula is C21H23N5O3S. The first-order chi connectivity index (χ1) is 14.5. The van der Waals surface area contributed by atoms with E-state index in [4.69, 9.17) is 0 Å². The second-order valence-electron chi connectivity index (χ2n) is 7.51. The molecule has 0 saturated carbocycles. The van der Waals surface area contributed by atoms with Crippen LogP contribution in [0.4, 0.5) is 5.82 Å². The molecule has 0 N–H and O–H groups in total. The summed E-state index contributed by atoms with van der Waals surface area (Å²) in [4.78, 5) is 28.1. The fourth-order valence-electron chi connectivity index (χ4n) is 3.63. The second kappa shape index (κ2) is 8.76. The van der Waals surface area contributed by atoms with Crippen LogP contribution in [0.5, 0.6) is 0 Å². The van der Waals surface area contributed by atoms with Crippen LogP contribution >= 0.6 is 11.3 Å². The summed E-state index contributed by atoms with van der Waals surface area (Å²) in [6.07, 6.45) is 1.57. The summed E-state index contributed by atoms with van der Waals surface area (Å²) >= 11 is 1.41. The Morgan fingerprint density at radius 3 is 2.63 bits per heavy atom. The lowest BCUT2D eigenvalue weighted by Gasteiger charge is -2.34. The van der Waals surface area contributed by atoms with Crippen LogP contribution in [0.15, 0.2) is 48.0 Å². The Labute approximate surface area is 178 Å². The van der Waals surface area contributed by atoms with E-state index in [9.17, 15) is 14.9 Å². The van der Waals surface area contributed by atoms with E-state index in [2.05, 4.69) is 41.2 Å². The minimum absolute atomic E-state index is 0.0490. The van der Waals surface area contributed by atoms with Gasteiger partial charge in [0.05, 0.1) is 28.8 Å². The molecule has 4 rings (SSSR count). The number of carbonyl (C=O) groups excluding carboxylic acids is 1. The summed E-state index contributed by atoms with van der Waals surface area (Å²) in [7, 11) is 0. The maximum Gasteiger partial charge on any atom is 0.389 e. The number of aryl methyl sites for hydroxylation is 1. The SMILES string of the molecule is Cc1cccc(CN2CCN(C(=O)c3cc(Cn4ccc([N+](=O)[O-])n4)cs3)CC2)c1. The number of aromatic nitrogens is 2. The highest BCUT2D eigenvalue weighted by Crippen LogP contribution is 2.20. The Morgan fingerprint density at radius 1 is 1.13 bits per heavy atom. The van der Waals surface area contributed by atoms with Crippen LogP contribution in [0, 0.1) is 17.0 Å². The first-order valence-electron chi connectivity index (χ1n) is 9.80. The molecule has 1 aliphatic heterocycles. The highest BCUT2D eigenvalue weighted by molar-refractivity contribution is 7.12. The third kappa shape index (κ3) is 4.74. The van der Waals surface area contributed by atoms with E-state index in [0.717, 1.165) is 25.2 Å². The van der Waals surface area contributed by atoms with Crippen molar-refractivity contribution in [2.45, 2.75) is 20.0 Å². The summed E-state index contributed by atoms with van der Waals surface area (Å²) in [5.41, 5.74) is 3.48. The summed E-state index contributed by atoms with van der Waals surface area (Å²) in [5.74, 6) is -0.127. The maximum atomic E-state index is 12.9. The van der Waals surface area contributed by atoms with Gasteiger partial charge in [-0.05, 0) is 34.4 Å². The third-order valence-electron chi connectivity index (χ3n) is 5.17. The molecule has 2 aromatic heterocycles. The number of amides is 1. The zero-order chi connectivity index (χ0) is 21.1. The van der Waals surface area contributed by atoms with Crippen LogP contribution in [-0.2, 0) is 13.1 Å². The molecule has 1 aliphatic rings. The lowest BCUT2D eigenvalue weighted by atomic mass is 10.1. The predicted octanol–water partition coefficient (Wildman–Crippen LogP) is 3.17. The number of benzene rings is 1. The van der Waals surface area contributed by atoms with Crippen LogP contribution in [0.1, 0.15) is 26.4 Å². The number of carbonyl (C=O) groups is 1. The van der Waals surface area contributed by atoms with Crippen molar-refractivity contribution in [2.24, 2.45) is 0 Å². The smallest absolute Gasteiger partial charge is 0.358 e. The summed E-state index contributed by atoms with van der Waals surface area (Å²) in [6.45, 7) is 6.55. The van der Waals surface area contributed by atoms with Gasteiger partial charge in [-0.3, -0.25) is 9.69 Å². The van der Waals surface area contributed by atoms with Crippen molar-refractivity contribution in [3.63, 3.8) is 0 Å². The summed E-state index contributed by atoms with van der Waals surface area (Å²) in [6, 6.07) is 11.8. The molecule has 3 aromatic rings. The molecule has 1 fully saturated rings. The van der Waals surface area contributed by atoms with Gasteiger partial charge in [0.2, 0.25) is 0 Å². The molecule has 3 heterocycles. The van der Waals surface area contributed by atoms with Crippen molar-refractivity contribution in [2.75, 3.05) is 26.2 Å². The Kier molecular flexibility index (Phi) is 5.91. The maximum absolute atomic E-state index is 12.9. The largest absolute Gasteiger partial charge is 0.389 e. The fraction of sp³-hybridized carbons (Fsp3) is 0.333. The first-order valence-corrected chi connectivity index (χ1v) is 10.7. The average Bonchev–Trinajstić information content (AvgIpc) is 3.38. The van der Waals surface area contributed by atoms with Gasteiger partial charge in [-0.2, -0.15) is 4.68 Å². The van der Waals surface area contributed by atoms with Crippen LogP contribution in [0.25, 0.3) is 0 Å². The first kappa shape index (κ1) is 20.2.